The van der Waals surface area contributed by atoms with Crippen molar-refractivity contribution in [1.82, 2.24) is 0 Å². The van der Waals surface area contributed by atoms with Crippen LogP contribution in [-0.2, 0) is 6.54 Å². The van der Waals surface area contributed by atoms with Crippen molar-refractivity contribution in [3.05, 3.63) is 65.7 Å². The Kier molecular flexibility index (Phi) is 5.06. The van der Waals surface area contributed by atoms with E-state index in [0.29, 0.717) is 16.6 Å². The van der Waals surface area contributed by atoms with Crippen molar-refractivity contribution in [1.29, 1.82) is 0 Å². The molecular weight excluding hydrogens is 414 g/mol. The maximum absolute atomic E-state index is 10.6. The van der Waals surface area contributed by atoms with E-state index in [1.165, 1.54) is 12.1 Å². The van der Waals surface area contributed by atoms with Crippen molar-refractivity contribution >= 4 is 57.2 Å². The molecule has 0 aliphatic rings. The average Bonchev–Trinajstić information content (AvgIpc) is 2.38. The highest BCUT2D eigenvalue weighted by atomic mass is 127. The molecular formula is C13H9Cl2IN2O2. The first-order chi connectivity index (χ1) is 9.47. The minimum Gasteiger partial charge on any atom is -0.380 e. The molecule has 0 radical (unpaired) electrons. The van der Waals surface area contributed by atoms with Gasteiger partial charge in [-0.1, -0.05) is 23.2 Å². The lowest BCUT2D eigenvalue weighted by Crippen LogP contribution is -2.01. The minimum absolute atomic E-state index is 0.0222. The summed E-state index contributed by atoms with van der Waals surface area (Å²) in [5, 5.41) is 14.8. The van der Waals surface area contributed by atoms with Gasteiger partial charge in [-0.25, -0.2) is 0 Å². The predicted octanol–water partition coefficient (Wildman–Crippen LogP) is 5.12. The third-order valence-electron chi connectivity index (χ3n) is 2.65. The third-order valence-corrected chi connectivity index (χ3v) is 3.98. The molecule has 20 heavy (non-hydrogen) atoms. The summed E-state index contributed by atoms with van der Waals surface area (Å²) in [6, 6.07) is 10.1. The zero-order chi connectivity index (χ0) is 14.7. The molecule has 2 aromatic rings. The van der Waals surface area contributed by atoms with E-state index in [1.807, 2.05) is 18.2 Å². The summed E-state index contributed by atoms with van der Waals surface area (Å²) in [4.78, 5) is 10.2. The summed E-state index contributed by atoms with van der Waals surface area (Å²) in [5.41, 5.74) is 1.54. The standard InChI is InChI=1S/C13H9Cl2IN2O2/c14-11-6-10(18(19)20)3-1-8(11)7-17-13-4-2-9(16)5-12(13)15/h1-6,17H,7H2. The number of anilines is 1. The summed E-state index contributed by atoms with van der Waals surface area (Å²) < 4.78 is 1.05. The van der Waals surface area contributed by atoms with Crippen LogP contribution in [0.2, 0.25) is 10.0 Å². The lowest BCUT2D eigenvalue weighted by molar-refractivity contribution is -0.384. The van der Waals surface area contributed by atoms with Gasteiger partial charge in [0, 0.05) is 22.2 Å². The highest BCUT2D eigenvalue weighted by Gasteiger charge is 2.09. The second kappa shape index (κ2) is 6.60. The smallest absolute Gasteiger partial charge is 0.270 e. The van der Waals surface area contributed by atoms with Crippen molar-refractivity contribution in [3.8, 4) is 0 Å². The van der Waals surface area contributed by atoms with E-state index < -0.39 is 4.92 Å². The molecule has 0 atom stereocenters. The van der Waals surface area contributed by atoms with Gasteiger partial charge in [-0.3, -0.25) is 10.1 Å². The van der Waals surface area contributed by atoms with Crippen LogP contribution in [0.3, 0.4) is 0 Å². The number of benzene rings is 2. The predicted molar refractivity (Wildman–Crippen MR) is 89.6 cm³/mol. The number of halogens is 3. The first-order valence-electron chi connectivity index (χ1n) is 5.59. The van der Waals surface area contributed by atoms with Crippen molar-refractivity contribution in [2.45, 2.75) is 6.54 Å². The fourth-order valence-electron chi connectivity index (χ4n) is 1.62. The normalized spacial score (nSPS) is 10.3. The molecule has 0 spiro atoms. The zero-order valence-electron chi connectivity index (χ0n) is 10.1. The number of nitrogens with one attached hydrogen (secondary N) is 1. The Hall–Kier alpha value is -1.05. The lowest BCUT2D eigenvalue weighted by atomic mass is 10.2. The van der Waals surface area contributed by atoms with E-state index >= 15 is 0 Å². The van der Waals surface area contributed by atoms with E-state index in [1.54, 1.807) is 6.07 Å². The summed E-state index contributed by atoms with van der Waals surface area (Å²) in [7, 11) is 0. The van der Waals surface area contributed by atoms with E-state index in [9.17, 15) is 10.1 Å². The van der Waals surface area contributed by atoms with Crippen LogP contribution in [0.25, 0.3) is 0 Å². The number of hydrogen-bond donors (Lipinski definition) is 1. The van der Waals surface area contributed by atoms with Crippen LogP contribution < -0.4 is 5.32 Å². The molecule has 7 heteroatoms. The fraction of sp³-hybridized carbons (Fsp3) is 0.0769. The van der Waals surface area contributed by atoms with Crippen LogP contribution >= 0.6 is 45.8 Å². The topological polar surface area (TPSA) is 55.2 Å². The molecule has 0 unspecified atom stereocenters. The summed E-state index contributed by atoms with van der Waals surface area (Å²) >= 11 is 14.3. The Bertz CT molecular complexity index is 665. The molecule has 0 saturated carbocycles. The summed E-state index contributed by atoms with van der Waals surface area (Å²) in [5.74, 6) is 0. The van der Waals surface area contributed by atoms with E-state index in [4.69, 9.17) is 23.2 Å². The minimum atomic E-state index is -0.473. The largest absolute Gasteiger partial charge is 0.380 e. The van der Waals surface area contributed by atoms with Gasteiger partial charge in [0.25, 0.3) is 5.69 Å². The number of rotatable bonds is 4. The summed E-state index contributed by atoms with van der Waals surface area (Å²) in [6.45, 7) is 0.442. The Labute approximate surface area is 139 Å². The number of hydrogen-bond acceptors (Lipinski definition) is 3. The van der Waals surface area contributed by atoms with Crippen molar-refractivity contribution in [2.24, 2.45) is 0 Å². The molecule has 0 aromatic heterocycles. The lowest BCUT2D eigenvalue weighted by Gasteiger charge is -2.10. The molecule has 1 N–H and O–H groups in total. The Balaban J connectivity index is 2.13. The molecule has 2 rings (SSSR count). The SMILES string of the molecule is O=[N+]([O-])c1ccc(CNc2ccc(I)cc2Cl)c(Cl)c1. The molecule has 0 fully saturated rings. The molecule has 2 aromatic carbocycles. The van der Waals surface area contributed by atoms with Gasteiger partial charge in [-0.15, -0.1) is 0 Å². The first kappa shape index (κ1) is 15.3. The van der Waals surface area contributed by atoms with Gasteiger partial charge >= 0.3 is 0 Å². The molecule has 0 amide bonds. The average molecular weight is 423 g/mol. The van der Waals surface area contributed by atoms with E-state index in [0.717, 1.165) is 14.8 Å². The van der Waals surface area contributed by atoms with Crippen LogP contribution in [0.4, 0.5) is 11.4 Å². The van der Waals surface area contributed by atoms with Crippen LogP contribution in [0.15, 0.2) is 36.4 Å². The second-order valence-corrected chi connectivity index (χ2v) is 6.07. The van der Waals surface area contributed by atoms with Gasteiger partial charge < -0.3 is 5.32 Å². The van der Waals surface area contributed by atoms with Gasteiger partial charge in [-0.05, 0) is 52.4 Å². The highest BCUT2D eigenvalue weighted by molar-refractivity contribution is 14.1. The van der Waals surface area contributed by atoms with Crippen LogP contribution in [0, 0.1) is 13.7 Å². The Morgan fingerprint density at radius 3 is 2.50 bits per heavy atom. The molecule has 104 valence electrons. The Morgan fingerprint density at radius 2 is 1.90 bits per heavy atom. The van der Waals surface area contributed by atoms with Gasteiger partial charge in [0.1, 0.15) is 0 Å². The molecule has 0 saturated heterocycles. The monoisotopic (exact) mass is 422 g/mol. The van der Waals surface area contributed by atoms with Crippen molar-refractivity contribution in [3.63, 3.8) is 0 Å². The molecule has 0 heterocycles. The second-order valence-electron chi connectivity index (χ2n) is 4.01. The van der Waals surface area contributed by atoms with Crippen LogP contribution in [0.5, 0.6) is 0 Å². The van der Waals surface area contributed by atoms with Gasteiger partial charge in [0.05, 0.1) is 20.7 Å². The number of nitro benzene ring substituents is 1. The van der Waals surface area contributed by atoms with Crippen molar-refractivity contribution < 1.29 is 4.92 Å². The maximum atomic E-state index is 10.6. The number of nitro groups is 1. The fourth-order valence-corrected chi connectivity index (χ4v) is 2.78. The van der Waals surface area contributed by atoms with Crippen molar-refractivity contribution in [2.75, 3.05) is 5.32 Å². The Morgan fingerprint density at radius 1 is 1.15 bits per heavy atom. The quantitative estimate of drug-likeness (QED) is 0.422. The number of nitrogens with zero attached hydrogens (tertiary/aromatic N) is 1. The van der Waals surface area contributed by atoms with Crippen LogP contribution in [-0.4, -0.2) is 4.92 Å². The van der Waals surface area contributed by atoms with E-state index in [-0.39, 0.29) is 5.69 Å². The molecule has 0 aliphatic heterocycles. The first-order valence-corrected chi connectivity index (χ1v) is 7.42. The molecule has 0 aliphatic carbocycles. The molecule has 0 bridgehead atoms. The van der Waals surface area contributed by atoms with Gasteiger partial charge in [0.2, 0.25) is 0 Å². The highest BCUT2D eigenvalue weighted by Crippen LogP contribution is 2.26. The summed E-state index contributed by atoms with van der Waals surface area (Å²) in [6.07, 6.45) is 0. The van der Waals surface area contributed by atoms with Gasteiger partial charge in [-0.2, -0.15) is 0 Å². The third kappa shape index (κ3) is 3.74. The molecule has 4 nitrogen and oxygen atoms in total. The maximum Gasteiger partial charge on any atom is 0.270 e. The van der Waals surface area contributed by atoms with Gasteiger partial charge in [0.15, 0.2) is 0 Å². The van der Waals surface area contributed by atoms with Crippen LogP contribution in [0.1, 0.15) is 5.56 Å². The number of non-ortho nitro benzene ring substituents is 1. The zero-order valence-corrected chi connectivity index (χ0v) is 13.7. The van der Waals surface area contributed by atoms with E-state index in [2.05, 4.69) is 27.9 Å².